The molecule has 0 bridgehead atoms. The van der Waals surface area contributed by atoms with Gasteiger partial charge < -0.3 is 8.83 Å². The van der Waals surface area contributed by atoms with E-state index in [0.29, 0.717) is 45.1 Å². The largest absolute Gasteiger partial charge is 0.453 e. The number of hydrogen-bond donors (Lipinski definition) is 0. The molecule has 2 aromatic carbocycles. The smallest absolute Gasteiger partial charge is 0.208 e. The molecule has 0 spiro atoms. The lowest BCUT2D eigenvalue weighted by Gasteiger charge is -2.03. The molecule has 2 aliphatic carbocycles. The average Bonchev–Trinajstić information content (AvgIpc) is 2.78. The summed E-state index contributed by atoms with van der Waals surface area (Å²) < 4.78 is 11.1. The summed E-state index contributed by atoms with van der Waals surface area (Å²) in [5.41, 5.74) is 3.34. The predicted molar refractivity (Wildman–Crippen MR) is 114 cm³/mol. The average molecular weight is 394 g/mol. The van der Waals surface area contributed by atoms with Crippen molar-refractivity contribution in [2.24, 2.45) is 0 Å². The van der Waals surface area contributed by atoms with Crippen LogP contribution in [0.2, 0.25) is 0 Å². The highest BCUT2D eigenvalue weighted by Gasteiger charge is 2.11. The van der Waals surface area contributed by atoms with Gasteiger partial charge in [0.05, 0.1) is 0 Å². The number of nitrogens with zero attached hydrogens (tertiary/aromatic N) is 2. The van der Waals surface area contributed by atoms with Gasteiger partial charge in [0.1, 0.15) is 11.0 Å². The van der Waals surface area contributed by atoms with Crippen LogP contribution in [-0.2, 0) is 0 Å². The van der Waals surface area contributed by atoms with Crippen molar-refractivity contribution in [3.05, 3.63) is 105 Å². The number of hydrogen-bond acceptors (Lipinski definition) is 6. The summed E-state index contributed by atoms with van der Waals surface area (Å²) in [6.45, 7) is 0. The normalized spacial score (nSPS) is 10.9. The third-order valence-electron chi connectivity index (χ3n) is 4.56. The van der Waals surface area contributed by atoms with E-state index < -0.39 is 0 Å². The van der Waals surface area contributed by atoms with Gasteiger partial charge in [-0.3, -0.25) is 9.59 Å². The van der Waals surface area contributed by atoms with Crippen molar-refractivity contribution in [1.82, 2.24) is 9.97 Å². The van der Waals surface area contributed by atoms with Gasteiger partial charge in [0.25, 0.3) is 0 Å². The fourth-order valence-electron chi connectivity index (χ4n) is 3.14. The van der Waals surface area contributed by atoms with Gasteiger partial charge in [-0.15, -0.1) is 0 Å². The molecule has 0 fully saturated rings. The second kappa shape index (κ2) is 7.25. The molecular weight excluding hydrogens is 380 g/mol. The minimum absolute atomic E-state index is 0.109. The van der Waals surface area contributed by atoms with Crippen LogP contribution in [0.4, 0.5) is 0 Å². The van der Waals surface area contributed by atoms with E-state index in [9.17, 15) is 9.59 Å². The maximum absolute atomic E-state index is 11.5. The molecule has 0 saturated heterocycles. The van der Waals surface area contributed by atoms with Gasteiger partial charge in [-0.1, -0.05) is 36.4 Å². The molecule has 6 heteroatoms. The molecule has 0 unspecified atom stereocenters. The van der Waals surface area contributed by atoms with E-state index in [0.717, 1.165) is 0 Å². The van der Waals surface area contributed by atoms with Crippen molar-refractivity contribution in [3.63, 3.8) is 0 Å². The SMILES string of the molecule is O=c1cccc2oc3ccccc3nc1-2.O=c1cccc2oc3ccccc3nc1-2. The van der Waals surface area contributed by atoms with Crippen LogP contribution in [-0.4, -0.2) is 9.97 Å². The summed E-state index contributed by atoms with van der Waals surface area (Å²) in [6, 6.07) is 24.6. The number of fused-ring (bicyclic) bond motifs is 4. The second-order valence-electron chi connectivity index (χ2n) is 6.57. The fraction of sp³-hybridized carbons (Fsp3) is 0. The van der Waals surface area contributed by atoms with Crippen LogP contribution >= 0.6 is 0 Å². The first kappa shape index (κ1) is 17.8. The minimum atomic E-state index is -0.109. The maximum atomic E-state index is 11.5. The summed E-state index contributed by atoms with van der Waals surface area (Å²) >= 11 is 0. The predicted octanol–water partition coefficient (Wildman–Crippen LogP) is 4.59. The number of benzene rings is 4. The molecule has 2 aromatic rings. The Morgan fingerprint density at radius 2 is 0.933 bits per heavy atom. The number of para-hydroxylation sites is 6. The molecule has 2 aliphatic heterocycles. The van der Waals surface area contributed by atoms with Gasteiger partial charge in [-0.2, -0.15) is 0 Å². The number of aromatic nitrogens is 2. The third-order valence-corrected chi connectivity index (χ3v) is 4.56. The van der Waals surface area contributed by atoms with Gasteiger partial charge in [-0.25, -0.2) is 9.97 Å². The van der Waals surface area contributed by atoms with E-state index in [1.807, 2.05) is 48.5 Å². The Bertz CT molecular complexity index is 1430. The summed E-state index contributed by atoms with van der Waals surface area (Å²) in [5, 5.41) is 0. The van der Waals surface area contributed by atoms with E-state index >= 15 is 0 Å². The summed E-state index contributed by atoms with van der Waals surface area (Å²) in [6.07, 6.45) is 0. The Hall–Kier alpha value is -4.32. The third kappa shape index (κ3) is 3.20. The summed E-state index contributed by atoms with van der Waals surface area (Å²) in [7, 11) is 0. The quantitative estimate of drug-likeness (QED) is 0.350. The van der Waals surface area contributed by atoms with Crippen molar-refractivity contribution in [1.29, 1.82) is 0 Å². The van der Waals surface area contributed by atoms with Gasteiger partial charge in [0.15, 0.2) is 34.1 Å². The molecule has 4 aliphatic rings. The molecule has 0 saturated carbocycles. The first-order valence-corrected chi connectivity index (χ1v) is 9.26. The highest BCUT2D eigenvalue weighted by Crippen LogP contribution is 2.22. The van der Waals surface area contributed by atoms with Crippen molar-refractivity contribution in [2.45, 2.75) is 0 Å². The molecule has 6 nitrogen and oxygen atoms in total. The van der Waals surface area contributed by atoms with Gasteiger partial charge in [0.2, 0.25) is 10.9 Å². The number of rotatable bonds is 0. The Morgan fingerprint density at radius 1 is 0.500 bits per heavy atom. The van der Waals surface area contributed by atoms with E-state index in [-0.39, 0.29) is 10.9 Å². The minimum Gasteiger partial charge on any atom is -0.453 e. The molecular formula is C24H14N2O4. The van der Waals surface area contributed by atoms with Gasteiger partial charge in [0, 0.05) is 0 Å². The first-order chi connectivity index (χ1) is 14.7. The molecule has 30 heavy (non-hydrogen) atoms. The molecule has 0 radical (unpaired) electrons. The lowest BCUT2D eigenvalue weighted by atomic mass is 10.2. The van der Waals surface area contributed by atoms with Crippen LogP contribution in [0.1, 0.15) is 0 Å². The Balaban J connectivity index is 0.000000128. The van der Waals surface area contributed by atoms with Crippen molar-refractivity contribution >= 4 is 22.2 Å². The molecule has 0 N–H and O–H groups in total. The van der Waals surface area contributed by atoms with Crippen molar-refractivity contribution in [2.75, 3.05) is 0 Å². The second-order valence-corrected chi connectivity index (χ2v) is 6.57. The highest BCUT2D eigenvalue weighted by molar-refractivity contribution is 5.76. The van der Waals surface area contributed by atoms with Crippen molar-refractivity contribution in [3.8, 4) is 22.9 Å². The molecule has 2 heterocycles. The van der Waals surface area contributed by atoms with E-state index in [4.69, 9.17) is 8.83 Å². The van der Waals surface area contributed by atoms with Crippen LogP contribution in [0.5, 0.6) is 0 Å². The Labute approximate surface area is 169 Å². The standard InChI is InChI=1S/2C12H7NO2/c2*14-9-5-3-7-11-12(9)13-8-4-1-2-6-10(8)15-11/h2*1-7H. The molecule has 6 rings (SSSR count). The zero-order chi connectivity index (χ0) is 20.5. The van der Waals surface area contributed by atoms with Crippen molar-refractivity contribution < 1.29 is 8.83 Å². The van der Waals surface area contributed by atoms with Crippen LogP contribution in [0.3, 0.4) is 0 Å². The Morgan fingerprint density at radius 3 is 1.40 bits per heavy atom. The van der Waals surface area contributed by atoms with Crippen LogP contribution in [0.25, 0.3) is 45.1 Å². The zero-order valence-corrected chi connectivity index (χ0v) is 15.6. The van der Waals surface area contributed by atoms with E-state index in [1.54, 1.807) is 24.3 Å². The summed E-state index contributed by atoms with van der Waals surface area (Å²) in [5.74, 6) is 1.06. The monoisotopic (exact) mass is 394 g/mol. The maximum Gasteiger partial charge on any atom is 0.208 e. The van der Waals surface area contributed by atoms with Crippen LogP contribution in [0, 0.1) is 0 Å². The van der Waals surface area contributed by atoms with Gasteiger partial charge >= 0.3 is 0 Å². The van der Waals surface area contributed by atoms with E-state index in [2.05, 4.69) is 9.97 Å². The zero-order valence-electron chi connectivity index (χ0n) is 15.6. The fourth-order valence-corrected chi connectivity index (χ4v) is 3.14. The first-order valence-electron chi connectivity index (χ1n) is 9.26. The van der Waals surface area contributed by atoms with E-state index in [1.165, 1.54) is 12.1 Å². The van der Waals surface area contributed by atoms with Crippen LogP contribution in [0.15, 0.2) is 103 Å². The Kier molecular flexibility index (Phi) is 4.29. The topological polar surface area (TPSA) is 86.2 Å². The molecule has 144 valence electrons. The molecule has 0 amide bonds. The lowest BCUT2D eigenvalue weighted by Crippen LogP contribution is -2.05. The lowest BCUT2D eigenvalue weighted by molar-refractivity contribution is 0.612. The summed E-state index contributed by atoms with van der Waals surface area (Å²) in [4.78, 5) is 31.5. The molecule has 0 aromatic heterocycles. The van der Waals surface area contributed by atoms with Gasteiger partial charge in [-0.05, 0) is 48.5 Å². The molecule has 0 atom stereocenters. The highest BCUT2D eigenvalue weighted by atomic mass is 16.3. The van der Waals surface area contributed by atoms with Crippen LogP contribution < -0.4 is 10.9 Å².